The van der Waals surface area contributed by atoms with E-state index in [0.29, 0.717) is 18.8 Å². The van der Waals surface area contributed by atoms with Gasteiger partial charge in [0.2, 0.25) is 6.79 Å². The number of pyridine rings is 1. The van der Waals surface area contributed by atoms with E-state index >= 15 is 0 Å². The molecule has 1 aliphatic heterocycles. The summed E-state index contributed by atoms with van der Waals surface area (Å²) in [4.78, 5) is 19.1. The molecule has 1 aliphatic rings. The molecule has 2 aromatic carbocycles. The average Bonchev–Trinajstić information content (AvgIpc) is 3.13. The molecule has 126 valence electrons. The fourth-order valence-corrected chi connectivity index (χ4v) is 2.93. The van der Waals surface area contributed by atoms with Crippen molar-refractivity contribution >= 4 is 16.8 Å². The third kappa shape index (κ3) is 3.01. The van der Waals surface area contributed by atoms with E-state index in [9.17, 15) is 4.79 Å². The Hall–Kier alpha value is -3.08. The van der Waals surface area contributed by atoms with Gasteiger partial charge in [-0.15, -0.1) is 0 Å². The highest BCUT2D eigenvalue weighted by atomic mass is 16.7. The first-order valence-electron chi connectivity index (χ1n) is 8.28. The predicted octanol–water partition coefficient (Wildman–Crippen LogP) is 3.63. The zero-order valence-corrected chi connectivity index (χ0v) is 13.9. The lowest BCUT2D eigenvalue weighted by molar-refractivity contribution is 0.0747. The number of ether oxygens (including phenoxy) is 2. The predicted molar refractivity (Wildman–Crippen MR) is 94.7 cm³/mol. The molecule has 4 rings (SSSR count). The van der Waals surface area contributed by atoms with Crippen molar-refractivity contribution in [1.29, 1.82) is 0 Å². The Morgan fingerprint density at radius 1 is 1.08 bits per heavy atom. The molecule has 1 amide bonds. The lowest BCUT2D eigenvalue weighted by Crippen LogP contribution is -2.30. The zero-order valence-electron chi connectivity index (χ0n) is 13.9. The van der Waals surface area contributed by atoms with E-state index < -0.39 is 0 Å². The van der Waals surface area contributed by atoms with Crippen molar-refractivity contribution < 1.29 is 14.3 Å². The van der Waals surface area contributed by atoms with Gasteiger partial charge in [0, 0.05) is 18.5 Å². The molecular weight excluding hydrogens is 316 g/mol. The third-order valence-electron chi connectivity index (χ3n) is 4.30. The molecule has 0 aliphatic carbocycles. The van der Waals surface area contributed by atoms with Gasteiger partial charge in [-0.3, -0.25) is 4.79 Å². The third-order valence-corrected chi connectivity index (χ3v) is 4.30. The van der Waals surface area contributed by atoms with Crippen molar-refractivity contribution in [3.8, 4) is 11.5 Å². The molecule has 5 nitrogen and oxygen atoms in total. The summed E-state index contributed by atoms with van der Waals surface area (Å²) in [5.74, 6) is 1.39. The quantitative estimate of drug-likeness (QED) is 0.731. The molecule has 3 aromatic rings. The number of fused-ring (bicyclic) bond motifs is 2. The summed E-state index contributed by atoms with van der Waals surface area (Å²) in [6.45, 7) is 3.31. The molecular formula is C20H18N2O3. The Balaban J connectivity index is 1.57. The summed E-state index contributed by atoms with van der Waals surface area (Å²) in [6, 6.07) is 17.3. The number of aromatic nitrogens is 1. The van der Waals surface area contributed by atoms with Gasteiger partial charge in [0.05, 0.1) is 5.52 Å². The number of nitrogens with zero attached hydrogens (tertiary/aromatic N) is 2. The number of hydrogen-bond acceptors (Lipinski definition) is 4. The molecule has 0 spiro atoms. The summed E-state index contributed by atoms with van der Waals surface area (Å²) in [5.41, 5.74) is 2.29. The van der Waals surface area contributed by atoms with Gasteiger partial charge in [-0.1, -0.05) is 30.3 Å². The number of carbonyl (C=O) groups is 1. The Morgan fingerprint density at radius 2 is 1.92 bits per heavy atom. The standard InChI is InChI=1S/C20H18N2O3/c1-2-22(12-14-7-10-18-19(11-14)25-13-24-18)20(23)17-9-8-15-5-3-4-6-16(15)21-17/h3-11H,2,12-13H2,1H3. The molecule has 0 fully saturated rings. The van der Waals surface area contributed by atoms with Crippen molar-refractivity contribution in [2.24, 2.45) is 0 Å². The maximum absolute atomic E-state index is 12.9. The number of para-hydroxylation sites is 1. The van der Waals surface area contributed by atoms with Crippen LogP contribution in [0.5, 0.6) is 11.5 Å². The van der Waals surface area contributed by atoms with Crippen LogP contribution in [0, 0.1) is 0 Å². The molecule has 0 atom stereocenters. The molecule has 0 radical (unpaired) electrons. The molecule has 0 unspecified atom stereocenters. The van der Waals surface area contributed by atoms with Crippen molar-refractivity contribution in [2.45, 2.75) is 13.5 Å². The maximum atomic E-state index is 12.9. The minimum absolute atomic E-state index is 0.0779. The fraction of sp³-hybridized carbons (Fsp3) is 0.200. The largest absolute Gasteiger partial charge is 0.454 e. The second kappa shape index (κ2) is 6.43. The van der Waals surface area contributed by atoms with Crippen molar-refractivity contribution in [1.82, 2.24) is 9.88 Å². The minimum Gasteiger partial charge on any atom is -0.454 e. The maximum Gasteiger partial charge on any atom is 0.272 e. The van der Waals surface area contributed by atoms with Gasteiger partial charge in [-0.2, -0.15) is 0 Å². The highest BCUT2D eigenvalue weighted by Crippen LogP contribution is 2.32. The first-order chi connectivity index (χ1) is 12.2. The van der Waals surface area contributed by atoms with Gasteiger partial charge >= 0.3 is 0 Å². The SMILES string of the molecule is CCN(Cc1ccc2c(c1)OCO2)C(=O)c1ccc2ccccc2n1. The molecule has 25 heavy (non-hydrogen) atoms. The first-order valence-corrected chi connectivity index (χ1v) is 8.28. The Kier molecular flexibility index (Phi) is 3.98. The van der Waals surface area contributed by atoms with Crippen molar-refractivity contribution in [3.05, 3.63) is 65.9 Å². The summed E-state index contributed by atoms with van der Waals surface area (Å²) in [7, 11) is 0. The van der Waals surface area contributed by atoms with Crippen LogP contribution >= 0.6 is 0 Å². The van der Waals surface area contributed by atoms with Crippen LogP contribution in [0.3, 0.4) is 0 Å². The van der Waals surface area contributed by atoms with E-state index in [1.165, 1.54) is 0 Å². The van der Waals surface area contributed by atoms with E-state index in [1.807, 2.05) is 55.5 Å². The van der Waals surface area contributed by atoms with Gasteiger partial charge in [-0.25, -0.2) is 4.98 Å². The molecule has 5 heteroatoms. The molecule has 1 aromatic heterocycles. The van der Waals surface area contributed by atoms with Crippen LogP contribution in [0.1, 0.15) is 23.0 Å². The Bertz CT molecular complexity index is 939. The summed E-state index contributed by atoms with van der Waals surface area (Å²) in [6.07, 6.45) is 0. The van der Waals surface area contributed by atoms with Crippen LogP contribution in [-0.4, -0.2) is 29.1 Å². The van der Waals surface area contributed by atoms with Crippen LogP contribution in [0.4, 0.5) is 0 Å². The summed E-state index contributed by atoms with van der Waals surface area (Å²) in [5, 5.41) is 1.03. The second-order valence-electron chi connectivity index (χ2n) is 5.90. The molecule has 2 heterocycles. The van der Waals surface area contributed by atoms with Gasteiger partial charge in [0.25, 0.3) is 5.91 Å². The van der Waals surface area contributed by atoms with Crippen molar-refractivity contribution in [2.75, 3.05) is 13.3 Å². The summed E-state index contributed by atoms with van der Waals surface area (Å²) >= 11 is 0. The van der Waals surface area contributed by atoms with Crippen LogP contribution in [0.25, 0.3) is 10.9 Å². The van der Waals surface area contributed by atoms with Gasteiger partial charge in [0.15, 0.2) is 11.5 Å². The normalized spacial score (nSPS) is 12.4. The number of rotatable bonds is 4. The molecule has 0 saturated carbocycles. The zero-order chi connectivity index (χ0) is 17.2. The van der Waals surface area contributed by atoms with Crippen LogP contribution < -0.4 is 9.47 Å². The smallest absolute Gasteiger partial charge is 0.272 e. The highest BCUT2D eigenvalue weighted by Gasteiger charge is 2.18. The van der Waals surface area contributed by atoms with E-state index in [0.717, 1.165) is 28.0 Å². The monoisotopic (exact) mass is 334 g/mol. The molecule has 0 saturated heterocycles. The number of benzene rings is 2. The van der Waals surface area contributed by atoms with Crippen LogP contribution in [0.15, 0.2) is 54.6 Å². The van der Waals surface area contributed by atoms with Gasteiger partial charge < -0.3 is 14.4 Å². The summed E-state index contributed by atoms with van der Waals surface area (Å²) < 4.78 is 10.7. The van der Waals surface area contributed by atoms with Crippen LogP contribution in [0.2, 0.25) is 0 Å². The number of carbonyl (C=O) groups excluding carboxylic acids is 1. The van der Waals surface area contributed by atoms with Crippen molar-refractivity contribution in [3.63, 3.8) is 0 Å². The fourth-order valence-electron chi connectivity index (χ4n) is 2.93. The topological polar surface area (TPSA) is 51.7 Å². The van der Waals surface area contributed by atoms with E-state index in [1.54, 1.807) is 11.0 Å². The number of amides is 1. The highest BCUT2D eigenvalue weighted by molar-refractivity contribution is 5.94. The molecule has 0 bridgehead atoms. The van der Waals surface area contributed by atoms with E-state index in [4.69, 9.17) is 9.47 Å². The van der Waals surface area contributed by atoms with Gasteiger partial charge in [-0.05, 0) is 36.8 Å². The van der Waals surface area contributed by atoms with E-state index in [-0.39, 0.29) is 12.7 Å². The molecule has 0 N–H and O–H groups in total. The Labute approximate surface area is 145 Å². The van der Waals surface area contributed by atoms with Gasteiger partial charge in [0.1, 0.15) is 5.69 Å². The lowest BCUT2D eigenvalue weighted by Gasteiger charge is -2.21. The first kappa shape index (κ1) is 15.4. The lowest BCUT2D eigenvalue weighted by atomic mass is 10.1. The average molecular weight is 334 g/mol. The van der Waals surface area contributed by atoms with E-state index in [2.05, 4.69) is 4.98 Å². The second-order valence-corrected chi connectivity index (χ2v) is 5.90. The minimum atomic E-state index is -0.0779. The van der Waals surface area contributed by atoms with Crippen LogP contribution in [-0.2, 0) is 6.54 Å². The Morgan fingerprint density at radius 3 is 2.80 bits per heavy atom. The number of hydrogen-bond donors (Lipinski definition) is 0.